The Hall–Kier alpha value is -1.77. The van der Waals surface area contributed by atoms with E-state index in [1.807, 2.05) is 6.20 Å². The summed E-state index contributed by atoms with van der Waals surface area (Å²) in [4.78, 5) is 8.81. The molecule has 2 rings (SSSR count). The fraction of sp³-hybridized carbons (Fsp3) is 0.375. The average Bonchev–Trinajstić information content (AvgIpc) is 2.45. The highest BCUT2D eigenvalue weighted by Gasteiger charge is 2.01. The van der Waals surface area contributed by atoms with Crippen LogP contribution in [0.4, 0.5) is 4.39 Å². The summed E-state index contributed by atoms with van der Waals surface area (Å²) in [5.74, 6) is -0.232. The molecule has 2 nitrogen and oxygen atoms in total. The maximum Gasteiger partial charge on any atom is 0.123 e. The van der Waals surface area contributed by atoms with Gasteiger partial charge in [-0.1, -0.05) is 26.2 Å². The van der Waals surface area contributed by atoms with Crippen molar-refractivity contribution >= 4 is 0 Å². The smallest absolute Gasteiger partial charge is 0.123 e. The van der Waals surface area contributed by atoms with Crippen LogP contribution in [0.15, 0.2) is 36.7 Å². The number of aryl methyl sites for hydroxylation is 1. The van der Waals surface area contributed by atoms with Crippen LogP contribution in [0.1, 0.15) is 38.3 Å². The molecule has 0 aliphatic carbocycles. The predicted octanol–water partition coefficient (Wildman–Crippen LogP) is 4.41. The molecule has 0 fully saturated rings. The van der Waals surface area contributed by atoms with Gasteiger partial charge in [-0.2, -0.15) is 0 Å². The molecule has 1 aromatic carbocycles. The third kappa shape index (κ3) is 4.12. The molecule has 0 bridgehead atoms. The molecule has 2 aromatic rings. The van der Waals surface area contributed by atoms with E-state index < -0.39 is 0 Å². The summed E-state index contributed by atoms with van der Waals surface area (Å²) in [6.07, 6.45) is 9.51. The van der Waals surface area contributed by atoms with Gasteiger partial charge in [0.25, 0.3) is 0 Å². The maximum absolute atomic E-state index is 12.8. The number of benzene rings is 1. The van der Waals surface area contributed by atoms with Gasteiger partial charge in [0.15, 0.2) is 0 Å². The molecule has 0 spiro atoms. The number of rotatable bonds is 6. The van der Waals surface area contributed by atoms with Gasteiger partial charge in [0.05, 0.1) is 17.6 Å². The Bertz CT molecular complexity index is 491. The highest BCUT2D eigenvalue weighted by atomic mass is 19.1. The lowest BCUT2D eigenvalue weighted by atomic mass is 10.1. The minimum Gasteiger partial charge on any atom is -0.257 e. The third-order valence-corrected chi connectivity index (χ3v) is 3.13. The standard InChI is InChI=1S/C16H19FN2/c1-2-3-4-5-6-15-11-19-16(12-18-15)13-7-9-14(17)10-8-13/h7-12H,2-6H2,1H3. The van der Waals surface area contributed by atoms with Crippen LogP contribution in [0.25, 0.3) is 11.3 Å². The lowest BCUT2D eigenvalue weighted by molar-refractivity contribution is 0.628. The summed E-state index contributed by atoms with van der Waals surface area (Å²) >= 11 is 0. The van der Waals surface area contributed by atoms with Crippen LogP contribution in [0.2, 0.25) is 0 Å². The molecule has 100 valence electrons. The molecule has 0 saturated heterocycles. The average molecular weight is 258 g/mol. The van der Waals surface area contributed by atoms with Crippen LogP contribution in [0, 0.1) is 5.82 Å². The van der Waals surface area contributed by atoms with Gasteiger partial charge >= 0.3 is 0 Å². The molecule has 0 amide bonds. The first-order valence-corrected chi connectivity index (χ1v) is 6.86. The summed E-state index contributed by atoms with van der Waals surface area (Å²) in [6.45, 7) is 2.21. The van der Waals surface area contributed by atoms with Crippen LogP contribution in [-0.2, 0) is 6.42 Å². The zero-order valence-electron chi connectivity index (χ0n) is 11.3. The molecule has 3 heteroatoms. The number of nitrogens with zero attached hydrogens (tertiary/aromatic N) is 2. The van der Waals surface area contributed by atoms with Crippen molar-refractivity contribution in [2.45, 2.75) is 39.0 Å². The second kappa shape index (κ2) is 6.98. The summed E-state index contributed by atoms with van der Waals surface area (Å²) in [6, 6.07) is 6.33. The van der Waals surface area contributed by atoms with Gasteiger partial charge in [-0.25, -0.2) is 4.39 Å². The Morgan fingerprint density at radius 3 is 2.37 bits per heavy atom. The molecule has 0 N–H and O–H groups in total. The van der Waals surface area contributed by atoms with E-state index in [1.165, 1.54) is 37.8 Å². The molecule has 1 heterocycles. The van der Waals surface area contributed by atoms with E-state index in [4.69, 9.17) is 0 Å². The second-order valence-corrected chi connectivity index (χ2v) is 4.71. The first kappa shape index (κ1) is 13.7. The van der Waals surface area contributed by atoms with Gasteiger partial charge in [-0.15, -0.1) is 0 Å². The Kier molecular flexibility index (Phi) is 5.01. The number of hydrogen-bond acceptors (Lipinski definition) is 2. The van der Waals surface area contributed by atoms with Gasteiger partial charge in [0, 0.05) is 11.8 Å². The zero-order valence-corrected chi connectivity index (χ0v) is 11.3. The van der Waals surface area contributed by atoms with Crippen molar-refractivity contribution < 1.29 is 4.39 Å². The SMILES string of the molecule is CCCCCCc1cnc(-c2ccc(F)cc2)cn1. The molecule has 0 unspecified atom stereocenters. The summed E-state index contributed by atoms with van der Waals surface area (Å²) in [5.41, 5.74) is 2.71. The molecular weight excluding hydrogens is 239 g/mol. The highest BCUT2D eigenvalue weighted by molar-refractivity contribution is 5.57. The van der Waals surface area contributed by atoms with Crippen LogP contribution < -0.4 is 0 Å². The summed E-state index contributed by atoms with van der Waals surface area (Å²) in [7, 11) is 0. The Morgan fingerprint density at radius 1 is 0.947 bits per heavy atom. The molecule has 1 aromatic heterocycles. The largest absolute Gasteiger partial charge is 0.257 e. The van der Waals surface area contributed by atoms with Crippen LogP contribution in [0.3, 0.4) is 0 Å². The van der Waals surface area contributed by atoms with Gasteiger partial charge in [0.2, 0.25) is 0 Å². The Balaban J connectivity index is 1.96. The van der Waals surface area contributed by atoms with Gasteiger partial charge in [0.1, 0.15) is 5.82 Å². The van der Waals surface area contributed by atoms with E-state index in [2.05, 4.69) is 16.9 Å². The lowest BCUT2D eigenvalue weighted by Gasteiger charge is -2.03. The van der Waals surface area contributed by atoms with E-state index in [0.717, 1.165) is 23.4 Å². The minimum absolute atomic E-state index is 0.232. The van der Waals surface area contributed by atoms with E-state index in [9.17, 15) is 4.39 Å². The Morgan fingerprint density at radius 2 is 1.74 bits per heavy atom. The van der Waals surface area contributed by atoms with Crippen molar-refractivity contribution in [2.24, 2.45) is 0 Å². The molecule has 0 aliphatic rings. The quantitative estimate of drug-likeness (QED) is 0.717. The highest BCUT2D eigenvalue weighted by Crippen LogP contribution is 2.16. The van der Waals surface area contributed by atoms with E-state index >= 15 is 0 Å². The topological polar surface area (TPSA) is 25.8 Å². The number of halogens is 1. The molecule has 0 saturated carbocycles. The van der Waals surface area contributed by atoms with Gasteiger partial charge in [-0.05, 0) is 37.1 Å². The first-order valence-electron chi connectivity index (χ1n) is 6.86. The fourth-order valence-corrected chi connectivity index (χ4v) is 1.99. The monoisotopic (exact) mass is 258 g/mol. The molecule has 0 atom stereocenters. The van der Waals surface area contributed by atoms with Crippen LogP contribution in [-0.4, -0.2) is 9.97 Å². The third-order valence-electron chi connectivity index (χ3n) is 3.13. The molecule has 0 aliphatic heterocycles. The van der Waals surface area contributed by atoms with Gasteiger partial charge < -0.3 is 0 Å². The predicted molar refractivity (Wildman–Crippen MR) is 75.3 cm³/mol. The first-order chi connectivity index (χ1) is 9.29. The van der Waals surface area contributed by atoms with Crippen molar-refractivity contribution in [3.63, 3.8) is 0 Å². The van der Waals surface area contributed by atoms with E-state index in [0.29, 0.717) is 0 Å². The summed E-state index contributed by atoms with van der Waals surface area (Å²) < 4.78 is 12.8. The number of hydrogen-bond donors (Lipinski definition) is 0. The van der Waals surface area contributed by atoms with Crippen molar-refractivity contribution in [3.8, 4) is 11.3 Å². The fourth-order valence-electron chi connectivity index (χ4n) is 1.99. The van der Waals surface area contributed by atoms with Crippen LogP contribution >= 0.6 is 0 Å². The van der Waals surface area contributed by atoms with Crippen molar-refractivity contribution in [1.82, 2.24) is 9.97 Å². The molecule has 19 heavy (non-hydrogen) atoms. The van der Waals surface area contributed by atoms with E-state index in [-0.39, 0.29) is 5.82 Å². The zero-order chi connectivity index (χ0) is 13.5. The lowest BCUT2D eigenvalue weighted by Crippen LogP contribution is -1.94. The van der Waals surface area contributed by atoms with Crippen molar-refractivity contribution in [1.29, 1.82) is 0 Å². The Labute approximate surface area is 113 Å². The molecule has 0 radical (unpaired) electrons. The number of unbranched alkanes of at least 4 members (excludes halogenated alkanes) is 3. The van der Waals surface area contributed by atoms with E-state index in [1.54, 1.807) is 18.3 Å². The second-order valence-electron chi connectivity index (χ2n) is 4.71. The maximum atomic E-state index is 12.8. The van der Waals surface area contributed by atoms with Gasteiger partial charge in [-0.3, -0.25) is 9.97 Å². The molecular formula is C16H19FN2. The van der Waals surface area contributed by atoms with Crippen molar-refractivity contribution in [3.05, 3.63) is 48.2 Å². The summed E-state index contributed by atoms with van der Waals surface area (Å²) in [5, 5.41) is 0. The minimum atomic E-state index is -0.232. The number of aromatic nitrogens is 2. The normalized spacial score (nSPS) is 10.6. The van der Waals surface area contributed by atoms with Crippen LogP contribution in [0.5, 0.6) is 0 Å². The van der Waals surface area contributed by atoms with Crippen molar-refractivity contribution in [2.75, 3.05) is 0 Å².